The molecule has 26 heavy (non-hydrogen) atoms. The van der Waals surface area contributed by atoms with E-state index in [9.17, 15) is 9.18 Å². The van der Waals surface area contributed by atoms with Gasteiger partial charge in [0.15, 0.2) is 0 Å². The summed E-state index contributed by atoms with van der Waals surface area (Å²) in [4.78, 5) is 18.2. The van der Waals surface area contributed by atoms with E-state index in [0.29, 0.717) is 56.6 Å². The minimum Gasteiger partial charge on any atom is -0.449 e. The fourth-order valence-corrected chi connectivity index (χ4v) is 3.17. The molecule has 0 saturated carbocycles. The summed E-state index contributed by atoms with van der Waals surface area (Å²) in [6.45, 7) is 1.30. The molecule has 0 bridgehead atoms. The first-order valence-corrected chi connectivity index (χ1v) is 8.32. The molecule has 1 aromatic carbocycles. The lowest BCUT2D eigenvalue weighted by atomic mass is 9.94. The molecule has 3 N–H and O–H groups in total. The zero-order valence-electron chi connectivity index (χ0n) is 14.3. The Morgan fingerprint density at radius 1 is 1.46 bits per heavy atom. The number of aliphatic imine (C=N–C) groups is 1. The maximum atomic E-state index is 13.9. The molecule has 1 amide bonds. The molecule has 2 aliphatic heterocycles. The zero-order chi connectivity index (χ0) is 17.9. The van der Waals surface area contributed by atoms with E-state index in [1.807, 2.05) is 0 Å². The van der Waals surface area contributed by atoms with Crippen molar-refractivity contribution in [1.29, 1.82) is 0 Å². The van der Waals surface area contributed by atoms with Crippen molar-refractivity contribution in [3.63, 3.8) is 0 Å². The SMILES string of the molecule is C#CCCCOC(=O)N1CCC2(CC1)N=C(N)c1c(F)cccc1N2.Cl. The number of benzene rings is 1. The molecule has 0 aliphatic carbocycles. The van der Waals surface area contributed by atoms with Crippen LogP contribution in [0, 0.1) is 18.2 Å². The van der Waals surface area contributed by atoms with E-state index in [1.165, 1.54) is 6.07 Å². The van der Waals surface area contributed by atoms with Gasteiger partial charge in [-0.2, -0.15) is 0 Å². The van der Waals surface area contributed by atoms with Crippen LogP contribution in [0.1, 0.15) is 31.2 Å². The second kappa shape index (κ2) is 8.28. The first-order chi connectivity index (χ1) is 12.0. The normalized spacial score (nSPS) is 17.2. The quantitative estimate of drug-likeness (QED) is 0.624. The van der Waals surface area contributed by atoms with Gasteiger partial charge >= 0.3 is 6.09 Å². The van der Waals surface area contributed by atoms with Crippen LogP contribution in [-0.2, 0) is 4.74 Å². The summed E-state index contributed by atoms with van der Waals surface area (Å²) in [5.41, 5.74) is 6.33. The number of nitrogens with two attached hydrogens (primary N) is 1. The van der Waals surface area contributed by atoms with Crippen LogP contribution in [0.25, 0.3) is 0 Å². The molecule has 6 nitrogen and oxygen atoms in total. The number of nitrogens with one attached hydrogen (secondary N) is 1. The molecule has 0 unspecified atom stereocenters. The first kappa shape index (κ1) is 19.9. The van der Waals surface area contributed by atoms with Crippen molar-refractivity contribution in [2.45, 2.75) is 31.3 Å². The summed E-state index contributed by atoms with van der Waals surface area (Å²) < 4.78 is 19.1. The van der Waals surface area contributed by atoms with Gasteiger partial charge in [-0.25, -0.2) is 14.2 Å². The number of rotatable bonds is 3. The topological polar surface area (TPSA) is 80.0 Å². The Hall–Kier alpha value is -2.46. The number of carbonyl (C=O) groups is 1. The van der Waals surface area contributed by atoms with Crippen molar-refractivity contribution in [2.24, 2.45) is 10.7 Å². The molecule has 0 radical (unpaired) electrons. The number of terminal acetylenes is 1. The Morgan fingerprint density at radius 3 is 2.88 bits per heavy atom. The van der Waals surface area contributed by atoms with E-state index in [0.717, 1.165) is 0 Å². The van der Waals surface area contributed by atoms with Crippen LogP contribution in [0.2, 0.25) is 0 Å². The third-order valence-electron chi connectivity index (χ3n) is 4.51. The summed E-state index contributed by atoms with van der Waals surface area (Å²) in [7, 11) is 0. The summed E-state index contributed by atoms with van der Waals surface area (Å²) in [6, 6.07) is 4.78. The lowest BCUT2D eigenvalue weighted by molar-refractivity contribution is 0.0860. The summed E-state index contributed by atoms with van der Waals surface area (Å²) in [6.07, 6.45) is 7.22. The van der Waals surface area contributed by atoms with Gasteiger partial charge in [-0.3, -0.25) is 0 Å². The van der Waals surface area contributed by atoms with Crippen molar-refractivity contribution in [3.05, 3.63) is 29.6 Å². The molecular formula is C18H22ClFN4O2. The van der Waals surface area contributed by atoms with Gasteiger partial charge in [-0.05, 0) is 18.6 Å². The maximum absolute atomic E-state index is 13.9. The molecule has 8 heteroatoms. The van der Waals surface area contributed by atoms with E-state index >= 15 is 0 Å². The number of unbranched alkanes of at least 4 members (excludes halogenated alkanes) is 1. The molecule has 140 valence electrons. The minimum atomic E-state index is -0.606. The lowest BCUT2D eigenvalue weighted by Gasteiger charge is -2.42. The van der Waals surface area contributed by atoms with Crippen molar-refractivity contribution in [3.8, 4) is 12.3 Å². The molecule has 1 spiro atoms. The highest BCUT2D eigenvalue weighted by Crippen LogP contribution is 2.35. The van der Waals surface area contributed by atoms with Gasteiger partial charge in [0, 0.05) is 38.0 Å². The summed E-state index contributed by atoms with van der Waals surface area (Å²) in [5, 5.41) is 3.29. The van der Waals surface area contributed by atoms with Gasteiger partial charge in [-0.1, -0.05) is 6.07 Å². The van der Waals surface area contributed by atoms with Crippen LogP contribution >= 0.6 is 12.4 Å². The highest BCUT2D eigenvalue weighted by molar-refractivity contribution is 6.04. The average Bonchev–Trinajstić information content (AvgIpc) is 2.59. The van der Waals surface area contributed by atoms with Crippen LogP contribution in [0.5, 0.6) is 0 Å². The second-order valence-electron chi connectivity index (χ2n) is 6.23. The average molecular weight is 381 g/mol. The molecule has 2 heterocycles. The summed E-state index contributed by atoms with van der Waals surface area (Å²) in [5.74, 6) is 2.31. The Morgan fingerprint density at radius 2 is 2.19 bits per heavy atom. The van der Waals surface area contributed by atoms with Crippen molar-refractivity contribution < 1.29 is 13.9 Å². The number of nitrogens with zero attached hydrogens (tertiary/aromatic N) is 2. The number of fused-ring (bicyclic) bond motifs is 1. The molecule has 1 fully saturated rings. The first-order valence-electron chi connectivity index (χ1n) is 8.32. The molecule has 2 aliphatic rings. The third kappa shape index (κ3) is 4.02. The number of likely N-dealkylation sites (tertiary alicyclic amines) is 1. The Balaban J connectivity index is 0.00000243. The van der Waals surface area contributed by atoms with E-state index in [-0.39, 0.29) is 24.3 Å². The van der Waals surface area contributed by atoms with Crippen molar-refractivity contribution in [2.75, 3.05) is 25.0 Å². The monoisotopic (exact) mass is 380 g/mol. The van der Waals surface area contributed by atoms with Crippen LogP contribution in [0.3, 0.4) is 0 Å². The van der Waals surface area contributed by atoms with Crippen LogP contribution < -0.4 is 11.1 Å². The zero-order valence-corrected chi connectivity index (χ0v) is 15.2. The van der Waals surface area contributed by atoms with Gasteiger partial charge in [0.25, 0.3) is 0 Å². The van der Waals surface area contributed by atoms with Gasteiger partial charge < -0.3 is 20.7 Å². The van der Waals surface area contributed by atoms with E-state index in [4.69, 9.17) is 16.9 Å². The number of amidine groups is 1. The number of anilines is 1. The number of piperidine rings is 1. The molecule has 0 atom stereocenters. The molecule has 1 aromatic rings. The number of carbonyl (C=O) groups excluding carboxylic acids is 1. The third-order valence-corrected chi connectivity index (χ3v) is 4.51. The Labute approximate surface area is 158 Å². The highest BCUT2D eigenvalue weighted by Gasteiger charge is 2.39. The van der Waals surface area contributed by atoms with Crippen molar-refractivity contribution >= 4 is 30.0 Å². The van der Waals surface area contributed by atoms with E-state index < -0.39 is 11.5 Å². The standard InChI is InChI=1S/C18H21FN4O2.ClH/c1-2-3-4-12-25-17(24)23-10-8-18(9-11-23)21-14-7-5-6-13(19)15(14)16(20)22-18;/h1,5-7,21H,3-4,8-12H2,(H2,20,22);1H. The van der Waals surface area contributed by atoms with Crippen molar-refractivity contribution in [1.82, 2.24) is 4.90 Å². The largest absolute Gasteiger partial charge is 0.449 e. The van der Waals surface area contributed by atoms with E-state index in [2.05, 4.69) is 16.2 Å². The maximum Gasteiger partial charge on any atom is 0.409 e. The number of hydrogen-bond donors (Lipinski definition) is 2. The van der Waals surface area contributed by atoms with E-state index in [1.54, 1.807) is 17.0 Å². The molecule has 3 rings (SSSR count). The number of amides is 1. The van der Waals surface area contributed by atoms with Crippen LogP contribution in [0.15, 0.2) is 23.2 Å². The molecule has 1 saturated heterocycles. The number of ether oxygens (including phenoxy) is 1. The number of hydrogen-bond acceptors (Lipinski definition) is 5. The highest BCUT2D eigenvalue weighted by atomic mass is 35.5. The fourth-order valence-electron chi connectivity index (χ4n) is 3.17. The smallest absolute Gasteiger partial charge is 0.409 e. The minimum absolute atomic E-state index is 0. The molecular weight excluding hydrogens is 359 g/mol. The number of halogens is 2. The van der Waals surface area contributed by atoms with Crippen LogP contribution in [-0.4, -0.2) is 42.2 Å². The molecule has 0 aromatic heterocycles. The predicted octanol–water partition coefficient (Wildman–Crippen LogP) is 2.72. The van der Waals surface area contributed by atoms with Crippen LogP contribution in [0.4, 0.5) is 14.9 Å². The van der Waals surface area contributed by atoms with Gasteiger partial charge in [0.2, 0.25) is 0 Å². The predicted molar refractivity (Wildman–Crippen MR) is 101 cm³/mol. The van der Waals surface area contributed by atoms with Gasteiger partial charge in [-0.15, -0.1) is 24.8 Å². The Bertz CT molecular complexity index is 739. The lowest BCUT2D eigenvalue weighted by Crippen LogP contribution is -2.52. The Kier molecular flexibility index (Phi) is 6.32. The van der Waals surface area contributed by atoms with Gasteiger partial charge in [0.05, 0.1) is 12.2 Å². The van der Waals surface area contributed by atoms with Gasteiger partial charge in [0.1, 0.15) is 17.3 Å². The second-order valence-corrected chi connectivity index (χ2v) is 6.23. The fraction of sp³-hybridized carbons (Fsp3) is 0.444. The summed E-state index contributed by atoms with van der Waals surface area (Å²) >= 11 is 0.